The third-order valence-corrected chi connectivity index (χ3v) is 2.89. The van der Waals surface area contributed by atoms with E-state index in [1.807, 2.05) is 0 Å². The van der Waals surface area contributed by atoms with Crippen molar-refractivity contribution in [3.05, 3.63) is 23.3 Å². The summed E-state index contributed by atoms with van der Waals surface area (Å²) in [7, 11) is 3.37. The molecule has 0 aliphatic heterocycles. The van der Waals surface area contributed by atoms with E-state index >= 15 is 0 Å². The lowest BCUT2D eigenvalue weighted by Crippen LogP contribution is -2.06. The smallest absolute Gasteiger partial charge is 0.163 e. The lowest BCUT2D eigenvalue weighted by molar-refractivity contribution is 0.351. The average Bonchev–Trinajstić information content (AvgIpc) is 2.24. The standard InChI is InChI=1S/C15H24O2/c1-11-9-12(7-8-15(2,3)4)10-13(16-5)14(11)17-6/h9-10H,7-8H2,1-6H3. The molecular formula is C15H24O2. The van der Waals surface area contributed by atoms with Gasteiger partial charge in [0.15, 0.2) is 11.5 Å². The summed E-state index contributed by atoms with van der Waals surface area (Å²) >= 11 is 0. The van der Waals surface area contributed by atoms with Gasteiger partial charge in [0.2, 0.25) is 0 Å². The Kier molecular flexibility index (Phi) is 4.44. The Bertz CT molecular complexity index is 375. The van der Waals surface area contributed by atoms with Crippen LogP contribution in [0.1, 0.15) is 38.3 Å². The topological polar surface area (TPSA) is 18.5 Å². The molecule has 0 N–H and O–H groups in total. The van der Waals surface area contributed by atoms with Crippen LogP contribution >= 0.6 is 0 Å². The van der Waals surface area contributed by atoms with Crippen molar-refractivity contribution in [2.24, 2.45) is 5.41 Å². The molecule has 0 amide bonds. The molecule has 2 nitrogen and oxygen atoms in total. The molecule has 0 aliphatic rings. The molecule has 0 aliphatic carbocycles. The van der Waals surface area contributed by atoms with E-state index in [9.17, 15) is 0 Å². The van der Waals surface area contributed by atoms with Gasteiger partial charge in [0.1, 0.15) is 0 Å². The zero-order valence-corrected chi connectivity index (χ0v) is 11.9. The third kappa shape index (κ3) is 3.95. The Balaban J connectivity index is 2.92. The van der Waals surface area contributed by atoms with Crippen LogP contribution in [-0.4, -0.2) is 14.2 Å². The van der Waals surface area contributed by atoms with Crippen LogP contribution in [-0.2, 0) is 6.42 Å². The van der Waals surface area contributed by atoms with Crippen LogP contribution in [0.3, 0.4) is 0 Å². The second-order valence-electron chi connectivity index (χ2n) is 5.71. The Hall–Kier alpha value is -1.18. The van der Waals surface area contributed by atoms with Crippen LogP contribution in [0.15, 0.2) is 12.1 Å². The lowest BCUT2D eigenvalue weighted by Gasteiger charge is -2.19. The van der Waals surface area contributed by atoms with Crippen molar-refractivity contribution in [1.82, 2.24) is 0 Å². The molecule has 17 heavy (non-hydrogen) atoms. The highest BCUT2D eigenvalue weighted by atomic mass is 16.5. The third-order valence-electron chi connectivity index (χ3n) is 2.89. The van der Waals surface area contributed by atoms with Crippen LogP contribution in [0.2, 0.25) is 0 Å². The molecule has 1 aromatic rings. The van der Waals surface area contributed by atoms with Crippen molar-refractivity contribution in [3.8, 4) is 11.5 Å². The molecule has 0 heterocycles. The molecule has 0 fully saturated rings. The summed E-state index contributed by atoms with van der Waals surface area (Å²) < 4.78 is 10.7. The van der Waals surface area contributed by atoms with Gasteiger partial charge in [-0.15, -0.1) is 0 Å². The first kappa shape index (κ1) is 13.9. The second-order valence-corrected chi connectivity index (χ2v) is 5.71. The quantitative estimate of drug-likeness (QED) is 0.787. The van der Waals surface area contributed by atoms with E-state index in [0.29, 0.717) is 5.41 Å². The van der Waals surface area contributed by atoms with E-state index in [0.717, 1.165) is 23.5 Å². The normalized spacial score (nSPS) is 11.4. The van der Waals surface area contributed by atoms with E-state index in [2.05, 4.69) is 39.8 Å². The van der Waals surface area contributed by atoms with Crippen molar-refractivity contribution in [2.75, 3.05) is 14.2 Å². The van der Waals surface area contributed by atoms with Gasteiger partial charge in [0.05, 0.1) is 14.2 Å². The van der Waals surface area contributed by atoms with Crippen molar-refractivity contribution < 1.29 is 9.47 Å². The van der Waals surface area contributed by atoms with Crippen molar-refractivity contribution in [1.29, 1.82) is 0 Å². The van der Waals surface area contributed by atoms with E-state index < -0.39 is 0 Å². The first-order valence-electron chi connectivity index (χ1n) is 6.09. The van der Waals surface area contributed by atoms with Crippen LogP contribution in [0.5, 0.6) is 11.5 Å². The summed E-state index contributed by atoms with van der Waals surface area (Å²) in [5.74, 6) is 1.67. The molecule has 0 unspecified atom stereocenters. The molecule has 96 valence electrons. The number of aryl methyl sites for hydroxylation is 2. The molecule has 0 atom stereocenters. The molecule has 1 rings (SSSR count). The van der Waals surface area contributed by atoms with E-state index in [1.54, 1.807) is 14.2 Å². The van der Waals surface area contributed by atoms with Gasteiger partial charge in [0, 0.05) is 0 Å². The Morgan fingerprint density at radius 3 is 2.18 bits per heavy atom. The maximum absolute atomic E-state index is 5.36. The molecule has 0 saturated carbocycles. The van der Waals surface area contributed by atoms with Gasteiger partial charge < -0.3 is 9.47 Å². The number of methoxy groups -OCH3 is 2. The Morgan fingerprint density at radius 2 is 1.71 bits per heavy atom. The molecule has 0 radical (unpaired) electrons. The highest BCUT2D eigenvalue weighted by molar-refractivity contribution is 5.48. The summed E-state index contributed by atoms with van der Waals surface area (Å²) in [5, 5.41) is 0. The van der Waals surface area contributed by atoms with Gasteiger partial charge in [-0.2, -0.15) is 0 Å². The van der Waals surface area contributed by atoms with Crippen LogP contribution in [0.4, 0.5) is 0 Å². The zero-order valence-electron chi connectivity index (χ0n) is 11.9. The monoisotopic (exact) mass is 236 g/mol. The van der Waals surface area contributed by atoms with Gasteiger partial charge in [-0.05, 0) is 42.4 Å². The minimum atomic E-state index is 0.362. The predicted octanol–water partition coefficient (Wildman–Crippen LogP) is 3.99. The first-order chi connectivity index (χ1) is 7.87. The van der Waals surface area contributed by atoms with Crippen molar-refractivity contribution in [3.63, 3.8) is 0 Å². The fourth-order valence-electron chi connectivity index (χ4n) is 1.89. The molecule has 0 bridgehead atoms. The number of ether oxygens (including phenoxy) is 2. The molecular weight excluding hydrogens is 212 g/mol. The number of rotatable bonds is 4. The largest absolute Gasteiger partial charge is 0.493 e. The summed E-state index contributed by atoms with van der Waals surface area (Å²) in [6.45, 7) is 8.85. The zero-order chi connectivity index (χ0) is 13.1. The maximum Gasteiger partial charge on any atom is 0.163 e. The van der Waals surface area contributed by atoms with Gasteiger partial charge in [-0.25, -0.2) is 0 Å². The fourth-order valence-corrected chi connectivity index (χ4v) is 1.89. The molecule has 0 aromatic heterocycles. The van der Waals surface area contributed by atoms with E-state index in [4.69, 9.17) is 9.47 Å². The minimum absolute atomic E-state index is 0.362. The Labute approximate surface area is 105 Å². The van der Waals surface area contributed by atoms with E-state index in [-0.39, 0.29) is 0 Å². The fraction of sp³-hybridized carbons (Fsp3) is 0.600. The number of hydrogen-bond acceptors (Lipinski definition) is 2. The number of benzene rings is 1. The second kappa shape index (κ2) is 5.44. The molecule has 0 saturated heterocycles. The average molecular weight is 236 g/mol. The first-order valence-corrected chi connectivity index (χ1v) is 6.09. The van der Waals surface area contributed by atoms with Crippen molar-refractivity contribution >= 4 is 0 Å². The van der Waals surface area contributed by atoms with Crippen LogP contribution in [0, 0.1) is 12.3 Å². The minimum Gasteiger partial charge on any atom is -0.493 e. The SMILES string of the molecule is COc1cc(CCC(C)(C)C)cc(C)c1OC. The number of hydrogen-bond donors (Lipinski definition) is 0. The summed E-state index contributed by atoms with van der Waals surface area (Å²) in [5.41, 5.74) is 2.81. The Morgan fingerprint density at radius 1 is 1.06 bits per heavy atom. The highest BCUT2D eigenvalue weighted by Gasteiger charge is 2.13. The van der Waals surface area contributed by atoms with Gasteiger partial charge in [-0.3, -0.25) is 0 Å². The van der Waals surface area contributed by atoms with Crippen molar-refractivity contribution in [2.45, 2.75) is 40.5 Å². The van der Waals surface area contributed by atoms with Gasteiger partial charge in [0.25, 0.3) is 0 Å². The highest BCUT2D eigenvalue weighted by Crippen LogP contribution is 2.33. The molecule has 2 heteroatoms. The molecule has 0 spiro atoms. The lowest BCUT2D eigenvalue weighted by atomic mass is 9.88. The summed E-state index contributed by atoms with van der Waals surface area (Å²) in [6, 6.07) is 4.27. The van der Waals surface area contributed by atoms with Gasteiger partial charge >= 0.3 is 0 Å². The van der Waals surface area contributed by atoms with Gasteiger partial charge in [-0.1, -0.05) is 26.8 Å². The predicted molar refractivity (Wildman–Crippen MR) is 72.1 cm³/mol. The molecule has 1 aromatic carbocycles. The summed E-state index contributed by atoms with van der Waals surface area (Å²) in [4.78, 5) is 0. The van der Waals surface area contributed by atoms with Crippen LogP contribution in [0.25, 0.3) is 0 Å². The maximum atomic E-state index is 5.36. The van der Waals surface area contributed by atoms with Crippen LogP contribution < -0.4 is 9.47 Å². The van der Waals surface area contributed by atoms with E-state index in [1.165, 1.54) is 12.0 Å². The summed E-state index contributed by atoms with van der Waals surface area (Å²) in [6.07, 6.45) is 2.24.